The molecule has 0 aliphatic rings. The second-order valence-electron chi connectivity index (χ2n) is 3.10. The van der Waals surface area contributed by atoms with Crippen LogP contribution in [0.4, 0.5) is 10.2 Å². The van der Waals surface area contributed by atoms with Gasteiger partial charge < -0.3 is 10.5 Å². The summed E-state index contributed by atoms with van der Waals surface area (Å²) in [5.41, 5.74) is 5.47. The van der Waals surface area contributed by atoms with Crippen molar-refractivity contribution in [2.75, 3.05) is 5.73 Å². The van der Waals surface area contributed by atoms with Crippen molar-refractivity contribution in [2.24, 2.45) is 0 Å². The van der Waals surface area contributed by atoms with Gasteiger partial charge in [0.25, 0.3) is 5.88 Å². The van der Waals surface area contributed by atoms with Gasteiger partial charge in [0.1, 0.15) is 17.6 Å². The average Bonchev–Trinajstić information content (AvgIpc) is 2.32. The summed E-state index contributed by atoms with van der Waals surface area (Å²) >= 11 is 0. The summed E-state index contributed by atoms with van der Waals surface area (Å²) in [5.74, 6) is -0.255. The van der Waals surface area contributed by atoms with Crippen LogP contribution in [0.3, 0.4) is 0 Å². The van der Waals surface area contributed by atoms with Crippen LogP contribution < -0.4 is 10.5 Å². The van der Waals surface area contributed by atoms with E-state index in [1.165, 1.54) is 24.5 Å². The van der Waals surface area contributed by atoms with Crippen molar-refractivity contribution in [2.45, 2.75) is 0 Å². The molecule has 2 N–H and O–H groups in total. The first kappa shape index (κ1) is 10.8. The molecule has 0 aliphatic heterocycles. The molecule has 0 saturated carbocycles. The molecule has 0 unspecified atom stereocenters. The van der Waals surface area contributed by atoms with Crippen molar-refractivity contribution in [3.8, 4) is 17.7 Å². The predicted octanol–water partition coefficient (Wildman–Crippen LogP) is 1.86. The second kappa shape index (κ2) is 4.45. The minimum atomic E-state index is -0.660. The van der Waals surface area contributed by atoms with E-state index in [0.717, 1.165) is 6.07 Å². The molecule has 17 heavy (non-hydrogen) atoms. The predicted molar refractivity (Wildman–Crippen MR) is 57.6 cm³/mol. The lowest BCUT2D eigenvalue weighted by atomic mass is 10.2. The zero-order chi connectivity index (χ0) is 12.3. The lowest BCUT2D eigenvalue weighted by molar-refractivity contribution is 0.458. The highest BCUT2D eigenvalue weighted by Crippen LogP contribution is 2.24. The van der Waals surface area contributed by atoms with Crippen molar-refractivity contribution in [3.63, 3.8) is 0 Å². The monoisotopic (exact) mass is 230 g/mol. The van der Waals surface area contributed by atoms with E-state index in [2.05, 4.69) is 9.97 Å². The maximum absolute atomic E-state index is 13.3. The third-order valence-corrected chi connectivity index (χ3v) is 1.97. The number of ether oxygens (including phenoxy) is 1. The molecule has 0 amide bonds. The van der Waals surface area contributed by atoms with Crippen LogP contribution in [0.5, 0.6) is 11.6 Å². The smallest absolute Gasteiger partial charge is 0.262 e. The lowest BCUT2D eigenvalue weighted by Crippen LogP contribution is -1.97. The number of nitrogens with two attached hydrogens (primary N) is 1. The van der Waals surface area contributed by atoms with E-state index < -0.39 is 5.82 Å². The second-order valence-corrected chi connectivity index (χ2v) is 3.10. The van der Waals surface area contributed by atoms with Gasteiger partial charge >= 0.3 is 0 Å². The average molecular weight is 230 g/mol. The SMILES string of the molecule is N#Cc1ccc(Oc2nccnc2N)cc1F. The summed E-state index contributed by atoms with van der Waals surface area (Å²) < 4.78 is 18.5. The van der Waals surface area contributed by atoms with Crippen LogP contribution in [0.25, 0.3) is 0 Å². The van der Waals surface area contributed by atoms with E-state index in [4.69, 9.17) is 15.7 Å². The van der Waals surface area contributed by atoms with Gasteiger partial charge in [0, 0.05) is 18.5 Å². The van der Waals surface area contributed by atoms with Gasteiger partial charge in [-0.1, -0.05) is 0 Å². The number of rotatable bonds is 2. The highest BCUT2D eigenvalue weighted by atomic mass is 19.1. The molecule has 1 heterocycles. The van der Waals surface area contributed by atoms with E-state index in [9.17, 15) is 4.39 Å². The van der Waals surface area contributed by atoms with E-state index in [0.29, 0.717) is 0 Å². The number of nitriles is 1. The van der Waals surface area contributed by atoms with Gasteiger partial charge in [-0.15, -0.1) is 0 Å². The highest BCUT2D eigenvalue weighted by Gasteiger charge is 2.07. The van der Waals surface area contributed by atoms with Crippen molar-refractivity contribution in [3.05, 3.63) is 42.0 Å². The van der Waals surface area contributed by atoms with Gasteiger partial charge in [-0.2, -0.15) is 5.26 Å². The Kier molecular flexibility index (Phi) is 2.83. The van der Waals surface area contributed by atoms with Crippen molar-refractivity contribution in [1.29, 1.82) is 5.26 Å². The van der Waals surface area contributed by atoms with Gasteiger partial charge in [0.15, 0.2) is 5.82 Å². The van der Waals surface area contributed by atoms with E-state index in [1.807, 2.05) is 0 Å². The zero-order valence-electron chi connectivity index (χ0n) is 8.59. The Morgan fingerprint density at radius 1 is 1.29 bits per heavy atom. The van der Waals surface area contributed by atoms with Gasteiger partial charge in [0.2, 0.25) is 0 Å². The Labute approximate surface area is 96.3 Å². The maximum atomic E-state index is 13.3. The Hall–Kier alpha value is -2.68. The summed E-state index contributed by atoms with van der Waals surface area (Å²) in [6.07, 6.45) is 2.83. The fourth-order valence-corrected chi connectivity index (χ4v) is 1.18. The molecule has 2 aromatic rings. The topological polar surface area (TPSA) is 84.8 Å². The molecule has 84 valence electrons. The first-order chi connectivity index (χ1) is 8.20. The van der Waals surface area contributed by atoms with Crippen LogP contribution >= 0.6 is 0 Å². The van der Waals surface area contributed by atoms with Crippen molar-refractivity contribution >= 4 is 5.82 Å². The number of nitrogen functional groups attached to an aromatic ring is 1. The number of anilines is 1. The molecule has 6 heteroatoms. The number of halogens is 1. The van der Waals surface area contributed by atoms with E-state index >= 15 is 0 Å². The van der Waals surface area contributed by atoms with Crippen LogP contribution in [-0.2, 0) is 0 Å². The first-order valence-electron chi connectivity index (χ1n) is 4.64. The standard InChI is InChI=1S/C11H7FN4O/c12-9-5-8(2-1-7(9)6-13)17-11-10(14)15-3-4-16-11/h1-5H,(H2,14,15). The Morgan fingerprint density at radius 3 is 2.71 bits per heavy atom. The van der Waals surface area contributed by atoms with Crippen molar-refractivity contribution in [1.82, 2.24) is 9.97 Å². The molecule has 1 aromatic carbocycles. The van der Waals surface area contributed by atoms with Crippen LogP contribution in [0.1, 0.15) is 5.56 Å². The lowest BCUT2D eigenvalue weighted by Gasteiger charge is -2.06. The number of hydrogen-bond donors (Lipinski definition) is 1. The molecule has 0 saturated heterocycles. The van der Waals surface area contributed by atoms with Crippen LogP contribution in [0.2, 0.25) is 0 Å². The molecule has 0 fully saturated rings. The fourth-order valence-electron chi connectivity index (χ4n) is 1.18. The summed E-state index contributed by atoms with van der Waals surface area (Å²) in [6.45, 7) is 0. The molecule has 0 aliphatic carbocycles. The molecule has 0 atom stereocenters. The fraction of sp³-hybridized carbons (Fsp3) is 0. The Bertz CT molecular complexity index is 594. The summed E-state index contributed by atoms with van der Waals surface area (Å²) in [6, 6.07) is 5.58. The summed E-state index contributed by atoms with van der Waals surface area (Å²) in [5, 5.41) is 8.57. The molecular formula is C11H7FN4O. The van der Waals surface area contributed by atoms with Crippen molar-refractivity contribution < 1.29 is 9.13 Å². The molecule has 5 nitrogen and oxygen atoms in total. The van der Waals surface area contributed by atoms with Gasteiger partial charge in [-0.05, 0) is 12.1 Å². The normalized spacial score (nSPS) is 9.65. The minimum Gasteiger partial charge on any atom is -0.436 e. The molecule has 2 rings (SSSR count). The molecule has 0 spiro atoms. The third-order valence-electron chi connectivity index (χ3n) is 1.97. The third kappa shape index (κ3) is 2.29. The van der Waals surface area contributed by atoms with Crippen LogP contribution in [0, 0.1) is 17.1 Å². The maximum Gasteiger partial charge on any atom is 0.262 e. The quantitative estimate of drug-likeness (QED) is 0.851. The highest BCUT2D eigenvalue weighted by molar-refractivity contribution is 5.43. The van der Waals surface area contributed by atoms with Gasteiger partial charge in [0.05, 0.1) is 5.56 Å². The molecule has 0 bridgehead atoms. The minimum absolute atomic E-state index is 0.0514. The Morgan fingerprint density at radius 2 is 2.06 bits per heavy atom. The number of nitrogens with zero attached hydrogens (tertiary/aromatic N) is 3. The number of aromatic nitrogens is 2. The number of hydrogen-bond acceptors (Lipinski definition) is 5. The summed E-state index contributed by atoms with van der Waals surface area (Å²) in [7, 11) is 0. The molecular weight excluding hydrogens is 223 g/mol. The zero-order valence-corrected chi connectivity index (χ0v) is 8.59. The van der Waals surface area contributed by atoms with E-state index in [-0.39, 0.29) is 23.0 Å². The summed E-state index contributed by atoms with van der Waals surface area (Å²) in [4.78, 5) is 7.62. The van der Waals surface area contributed by atoms with Crippen LogP contribution in [-0.4, -0.2) is 9.97 Å². The number of benzene rings is 1. The molecule has 1 aromatic heterocycles. The Balaban J connectivity index is 2.29. The van der Waals surface area contributed by atoms with Crippen LogP contribution in [0.15, 0.2) is 30.6 Å². The van der Waals surface area contributed by atoms with Gasteiger partial charge in [-0.25, -0.2) is 14.4 Å². The first-order valence-corrected chi connectivity index (χ1v) is 4.64. The molecule has 0 radical (unpaired) electrons. The largest absolute Gasteiger partial charge is 0.436 e. The van der Waals surface area contributed by atoms with E-state index in [1.54, 1.807) is 6.07 Å². The van der Waals surface area contributed by atoms with Gasteiger partial charge in [-0.3, -0.25) is 0 Å².